The molecule has 1 heterocycles. The van der Waals surface area contributed by atoms with Crippen LogP contribution in [0.4, 0.5) is 10.5 Å². The van der Waals surface area contributed by atoms with Crippen LogP contribution in [0.5, 0.6) is 0 Å². The van der Waals surface area contributed by atoms with Crippen LogP contribution in [0, 0.1) is 6.92 Å². The lowest BCUT2D eigenvalue weighted by molar-refractivity contribution is 0.236. The van der Waals surface area contributed by atoms with E-state index in [-0.39, 0.29) is 24.4 Å². The molecule has 0 unspecified atom stereocenters. The number of nitrogens with one attached hydrogen (secondary N) is 1. The van der Waals surface area contributed by atoms with E-state index < -0.39 is 0 Å². The summed E-state index contributed by atoms with van der Waals surface area (Å²) in [4.78, 5) is 17.2. The molecule has 0 radical (unpaired) electrons. The van der Waals surface area contributed by atoms with Crippen LogP contribution >= 0.6 is 12.4 Å². The van der Waals surface area contributed by atoms with Crippen molar-refractivity contribution < 1.29 is 4.79 Å². The molecule has 1 aliphatic rings. The maximum atomic E-state index is 11.8. The Morgan fingerprint density at radius 1 is 1.47 bits per heavy atom. The number of hydrogen-bond donors (Lipinski definition) is 2. The number of para-hydroxylation sites is 1. The predicted molar refractivity (Wildman–Crippen MR) is 70.6 cm³/mol. The third kappa shape index (κ3) is 2.88. The second-order valence-corrected chi connectivity index (χ2v) is 3.64. The van der Waals surface area contributed by atoms with E-state index in [0.717, 1.165) is 11.3 Å². The van der Waals surface area contributed by atoms with Crippen LogP contribution < -0.4 is 11.1 Å². The summed E-state index contributed by atoms with van der Waals surface area (Å²) >= 11 is 0. The quantitative estimate of drug-likeness (QED) is 0.799. The zero-order valence-electron chi connectivity index (χ0n) is 9.51. The van der Waals surface area contributed by atoms with E-state index >= 15 is 0 Å². The highest BCUT2D eigenvalue weighted by atomic mass is 35.5. The van der Waals surface area contributed by atoms with E-state index in [0.29, 0.717) is 13.1 Å². The monoisotopic (exact) mass is 254 g/mol. The molecule has 0 atom stereocenters. The number of carbonyl (C=O) groups excluding carboxylic acids is 1. The molecule has 1 aromatic carbocycles. The number of rotatable bonds is 1. The molecule has 0 fully saturated rings. The van der Waals surface area contributed by atoms with Crippen LogP contribution in [-0.2, 0) is 0 Å². The summed E-state index contributed by atoms with van der Waals surface area (Å²) in [5.41, 5.74) is 7.40. The van der Waals surface area contributed by atoms with Gasteiger partial charge in [0.1, 0.15) is 0 Å². The van der Waals surface area contributed by atoms with Gasteiger partial charge in [0.25, 0.3) is 0 Å². The first-order valence-corrected chi connectivity index (χ1v) is 5.12. The fraction of sp³-hybridized carbons (Fsp3) is 0.273. The predicted octanol–water partition coefficient (Wildman–Crippen LogP) is 1.58. The van der Waals surface area contributed by atoms with E-state index in [2.05, 4.69) is 10.3 Å². The number of benzene rings is 1. The van der Waals surface area contributed by atoms with Crippen molar-refractivity contribution in [2.45, 2.75) is 6.92 Å². The molecular weight excluding hydrogens is 240 g/mol. The van der Waals surface area contributed by atoms with E-state index in [4.69, 9.17) is 5.73 Å². The van der Waals surface area contributed by atoms with Crippen molar-refractivity contribution in [3.63, 3.8) is 0 Å². The van der Waals surface area contributed by atoms with Crippen molar-refractivity contribution >= 4 is 30.1 Å². The van der Waals surface area contributed by atoms with E-state index in [1.165, 1.54) is 4.90 Å². The molecule has 2 rings (SSSR count). The molecule has 17 heavy (non-hydrogen) atoms. The Hall–Kier alpha value is -1.75. The number of halogens is 1. The highest BCUT2D eigenvalue weighted by Crippen LogP contribution is 2.14. The topological polar surface area (TPSA) is 70.7 Å². The Labute approximate surface area is 106 Å². The minimum absolute atomic E-state index is 0. The van der Waals surface area contributed by atoms with Gasteiger partial charge in [-0.05, 0) is 18.6 Å². The SMILES string of the molecule is Cc1ccccc1NC(=O)N1CCN=C1N.Cl. The molecule has 3 N–H and O–H groups in total. The zero-order valence-corrected chi connectivity index (χ0v) is 10.3. The average molecular weight is 255 g/mol. The molecule has 0 bridgehead atoms. The van der Waals surface area contributed by atoms with Crippen molar-refractivity contribution in [3.8, 4) is 0 Å². The lowest BCUT2D eigenvalue weighted by Crippen LogP contribution is -2.41. The van der Waals surface area contributed by atoms with Gasteiger partial charge in [-0.25, -0.2) is 4.79 Å². The van der Waals surface area contributed by atoms with Crippen LogP contribution in [0.15, 0.2) is 29.3 Å². The summed E-state index contributed by atoms with van der Waals surface area (Å²) in [5.74, 6) is 0.283. The molecule has 2 amide bonds. The molecule has 0 saturated carbocycles. The van der Waals surface area contributed by atoms with Crippen molar-refractivity contribution in [1.82, 2.24) is 4.90 Å². The van der Waals surface area contributed by atoms with E-state index in [9.17, 15) is 4.79 Å². The Morgan fingerprint density at radius 3 is 2.76 bits per heavy atom. The van der Waals surface area contributed by atoms with Crippen molar-refractivity contribution in [2.75, 3.05) is 18.4 Å². The first-order chi connectivity index (χ1) is 7.68. The second-order valence-electron chi connectivity index (χ2n) is 3.64. The second kappa shape index (κ2) is 5.54. The summed E-state index contributed by atoms with van der Waals surface area (Å²) in [5, 5.41) is 2.81. The van der Waals surface area contributed by atoms with Crippen molar-refractivity contribution in [2.24, 2.45) is 10.7 Å². The minimum atomic E-state index is -0.229. The molecule has 0 aliphatic carbocycles. The first-order valence-electron chi connectivity index (χ1n) is 5.12. The van der Waals surface area contributed by atoms with Crippen LogP contribution in [0.3, 0.4) is 0 Å². The lowest BCUT2D eigenvalue weighted by Gasteiger charge is -2.17. The molecule has 0 spiro atoms. The van der Waals surface area contributed by atoms with Crippen LogP contribution in [0.25, 0.3) is 0 Å². The summed E-state index contributed by atoms with van der Waals surface area (Å²) in [6.45, 7) is 3.06. The highest BCUT2D eigenvalue weighted by Gasteiger charge is 2.21. The molecule has 1 aliphatic heterocycles. The van der Waals surface area contributed by atoms with Gasteiger partial charge >= 0.3 is 6.03 Å². The Balaban J connectivity index is 0.00000144. The number of nitrogens with zero attached hydrogens (tertiary/aromatic N) is 2. The zero-order chi connectivity index (χ0) is 11.5. The Kier molecular flexibility index (Phi) is 4.34. The van der Waals surface area contributed by atoms with Gasteiger partial charge in [-0.15, -0.1) is 12.4 Å². The van der Waals surface area contributed by atoms with Gasteiger partial charge in [0.2, 0.25) is 0 Å². The average Bonchev–Trinajstić information content (AvgIpc) is 2.68. The molecule has 5 nitrogen and oxygen atoms in total. The molecule has 0 saturated heterocycles. The van der Waals surface area contributed by atoms with Crippen molar-refractivity contribution in [3.05, 3.63) is 29.8 Å². The fourth-order valence-corrected chi connectivity index (χ4v) is 1.57. The fourth-order valence-electron chi connectivity index (χ4n) is 1.57. The van der Waals surface area contributed by atoms with Gasteiger partial charge in [0, 0.05) is 5.69 Å². The molecule has 0 aromatic heterocycles. The number of nitrogens with two attached hydrogens (primary N) is 1. The van der Waals surface area contributed by atoms with Crippen LogP contribution in [-0.4, -0.2) is 30.0 Å². The number of aryl methyl sites for hydroxylation is 1. The normalized spacial score (nSPS) is 13.9. The lowest BCUT2D eigenvalue weighted by atomic mass is 10.2. The Bertz CT molecular complexity index is 447. The van der Waals surface area contributed by atoms with Gasteiger partial charge in [0.05, 0.1) is 13.1 Å². The maximum absolute atomic E-state index is 11.8. The van der Waals surface area contributed by atoms with Gasteiger partial charge in [-0.2, -0.15) is 0 Å². The number of carbonyl (C=O) groups is 1. The third-order valence-electron chi connectivity index (χ3n) is 2.51. The number of hydrogen-bond acceptors (Lipinski definition) is 3. The largest absolute Gasteiger partial charge is 0.369 e. The molecule has 1 aromatic rings. The van der Waals surface area contributed by atoms with Gasteiger partial charge in [-0.1, -0.05) is 18.2 Å². The maximum Gasteiger partial charge on any atom is 0.328 e. The minimum Gasteiger partial charge on any atom is -0.369 e. The van der Waals surface area contributed by atoms with Crippen molar-refractivity contribution in [1.29, 1.82) is 0 Å². The first kappa shape index (κ1) is 13.3. The van der Waals surface area contributed by atoms with Gasteiger partial charge in [-0.3, -0.25) is 9.89 Å². The Morgan fingerprint density at radius 2 is 2.18 bits per heavy atom. The number of amides is 2. The van der Waals surface area contributed by atoms with Crippen LogP contribution in [0.2, 0.25) is 0 Å². The molecule has 92 valence electrons. The molecular formula is C11H15ClN4O. The van der Waals surface area contributed by atoms with E-state index in [1.807, 2.05) is 31.2 Å². The van der Waals surface area contributed by atoms with Gasteiger partial charge < -0.3 is 11.1 Å². The van der Waals surface area contributed by atoms with Gasteiger partial charge in [0.15, 0.2) is 5.96 Å². The number of guanidine groups is 1. The summed E-state index contributed by atoms with van der Waals surface area (Å²) < 4.78 is 0. The summed E-state index contributed by atoms with van der Waals surface area (Å²) in [6, 6.07) is 7.38. The van der Waals surface area contributed by atoms with E-state index in [1.54, 1.807) is 0 Å². The summed E-state index contributed by atoms with van der Waals surface area (Å²) in [6.07, 6.45) is 0. The standard InChI is InChI=1S/C11H14N4O.ClH/c1-8-4-2-3-5-9(8)14-11(16)15-7-6-13-10(15)12;/h2-5H,6-7H2,1H3,(H2,12,13)(H,14,16);1H. The number of urea groups is 1. The smallest absolute Gasteiger partial charge is 0.328 e. The number of anilines is 1. The highest BCUT2D eigenvalue weighted by molar-refractivity contribution is 6.02. The van der Waals surface area contributed by atoms with Crippen LogP contribution in [0.1, 0.15) is 5.56 Å². The number of aliphatic imine (C=N–C) groups is 1. The molecule has 6 heteroatoms. The summed E-state index contributed by atoms with van der Waals surface area (Å²) in [7, 11) is 0. The third-order valence-corrected chi connectivity index (χ3v) is 2.51.